The number of aliphatic hydroxyl groups excluding tert-OH is 1. The Hall–Kier alpha value is -3.00. The number of β-amino-alcohol motifs (C(OH)–C–C–N with tert-alkyl or cyclic N) is 1. The zero-order valence-electron chi connectivity index (χ0n) is 13.4. The maximum Gasteiger partial charge on any atom is 0.287 e. The molecule has 0 radical (unpaired) electrons. The number of imidazole rings is 1. The number of nitrogens with zero attached hydrogens (tertiary/aromatic N) is 5. The van der Waals surface area contributed by atoms with Crippen LogP contribution in [-0.4, -0.2) is 43.8 Å². The molecule has 1 unspecified atom stereocenters. The van der Waals surface area contributed by atoms with E-state index in [0.717, 1.165) is 30.4 Å². The van der Waals surface area contributed by atoms with Gasteiger partial charge in [0.1, 0.15) is 12.0 Å². The largest absolute Gasteiger partial charge is 0.391 e. The summed E-state index contributed by atoms with van der Waals surface area (Å²) >= 11 is 0. The number of para-hydroxylation sites is 2. The smallest absolute Gasteiger partial charge is 0.287 e. The van der Waals surface area contributed by atoms with Crippen molar-refractivity contribution in [1.29, 1.82) is 0 Å². The monoisotopic (exact) mass is 339 g/mol. The Morgan fingerprint density at radius 2 is 2.08 bits per heavy atom. The number of fused-ring (bicyclic) bond motifs is 1. The highest BCUT2D eigenvalue weighted by atomic mass is 16.6. The van der Waals surface area contributed by atoms with Crippen LogP contribution in [0.2, 0.25) is 0 Å². The summed E-state index contributed by atoms with van der Waals surface area (Å²) in [6.45, 7) is 1.31. The summed E-state index contributed by atoms with van der Waals surface area (Å²) < 4.78 is 1.89. The fraction of sp³-hybridized carbons (Fsp3) is 0.294. The SMILES string of the molecule is O=[N+]([O-])c1ccc(-n2c(N3CCCC(O)C3)nc3ccccc32)nc1. The molecule has 3 aromatic rings. The Balaban J connectivity index is 1.85. The molecule has 8 heteroatoms. The van der Waals surface area contributed by atoms with Crippen LogP contribution < -0.4 is 4.90 Å². The molecule has 1 aliphatic rings. The molecule has 0 saturated carbocycles. The number of aliphatic hydroxyl groups is 1. The van der Waals surface area contributed by atoms with Gasteiger partial charge in [0, 0.05) is 19.2 Å². The first-order valence-electron chi connectivity index (χ1n) is 8.15. The van der Waals surface area contributed by atoms with E-state index in [4.69, 9.17) is 4.98 Å². The second kappa shape index (κ2) is 6.14. The van der Waals surface area contributed by atoms with Crippen LogP contribution >= 0.6 is 0 Å². The molecule has 1 saturated heterocycles. The van der Waals surface area contributed by atoms with Crippen molar-refractivity contribution in [2.75, 3.05) is 18.0 Å². The molecule has 1 fully saturated rings. The van der Waals surface area contributed by atoms with Gasteiger partial charge >= 0.3 is 0 Å². The number of aromatic nitrogens is 3. The average molecular weight is 339 g/mol. The van der Waals surface area contributed by atoms with Gasteiger partial charge in [-0.3, -0.25) is 14.7 Å². The standard InChI is InChI=1S/C17H17N5O3/c23-13-4-3-9-20(11-13)17-19-14-5-1-2-6-15(14)21(17)16-8-7-12(10-18-16)22(24)25/h1-2,5-8,10,13,23H,3-4,9,11H2. The van der Waals surface area contributed by atoms with Gasteiger partial charge < -0.3 is 10.0 Å². The van der Waals surface area contributed by atoms with Crippen LogP contribution in [0.4, 0.5) is 11.6 Å². The molecule has 0 bridgehead atoms. The molecule has 1 aliphatic heterocycles. The Morgan fingerprint density at radius 1 is 1.24 bits per heavy atom. The average Bonchev–Trinajstić information content (AvgIpc) is 3.01. The van der Waals surface area contributed by atoms with Crippen molar-refractivity contribution in [1.82, 2.24) is 14.5 Å². The fourth-order valence-corrected chi connectivity index (χ4v) is 3.21. The Kier molecular flexibility index (Phi) is 3.81. The van der Waals surface area contributed by atoms with Crippen molar-refractivity contribution >= 4 is 22.7 Å². The molecule has 1 atom stereocenters. The highest BCUT2D eigenvalue weighted by Crippen LogP contribution is 2.28. The van der Waals surface area contributed by atoms with E-state index < -0.39 is 4.92 Å². The molecule has 2 aromatic heterocycles. The highest BCUT2D eigenvalue weighted by Gasteiger charge is 2.24. The van der Waals surface area contributed by atoms with Crippen molar-refractivity contribution in [2.45, 2.75) is 18.9 Å². The summed E-state index contributed by atoms with van der Waals surface area (Å²) in [5.41, 5.74) is 1.64. The number of hydrogen-bond acceptors (Lipinski definition) is 6. The number of rotatable bonds is 3. The number of benzene rings is 1. The van der Waals surface area contributed by atoms with Crippen LogP contribution in [0.25, 0.3) is 16.9 Å². The van der Waals surface area contributed by atoms with Crippen molar-refractivity contribution < 1.29 is 10.0 Å². The molecule has 1 N–H and O–H groups in total. The van der Waals surface area contributed by atoms with E-state index in [1.807, 2.05) is 33.7 Å². The number of hydrogen-bond donors (Lipinski definition) is 1. The summed E-state index contributed by atoms with van der Waals surface area (Å²) in [5.74, 6) is 1.26. The quantitative estimate of drug-likeness (QED) is 0.581. The van der Waals surface area contributed by atoms with Crippen LogP contribution in [0.3, 0.4) is 0 Å². The lowest BCUT2D eigenvalue weighted by Gasteiger charge is -2.31. The summed E-state index contributed by atoms with van der Waals surface area (Å²) in [4.78, 5) is 21.4. The number of piperidine rings is 1. The van der Waals surface area contributed by atoms with Crippen molar-refractivity contribution in [3.05, 3.63) is 52.7 Å². The van der Waals surface area contributed by atoms with E-state index in [0.29, 0.717) is 18.3 Å². The minimum absolute atomic E-state index is 0.0527. The van der Waals surface area contributed by atoms with E-state index in [1.165, 1.54) is 12.3 Å². The van der Waals surface area contributed by atoms with Gasteiger partial charge in [0.05, 0.1) is 22.1 Å². The van der Waals surface area contributed by atoms with Gasteiger partial charge in [-0.1, -0.05) is 12.1 Å². The fourth-order valence-electron chi connectivity index (χ4n) is 3.21. The lowest BCUT2D eigenvalue weighted by Crippen LogP contribution is -2.39. The van der Waals surface area contributed by atoms with Gasteiger partial charge in [-0.05, 0) is 31.0 Å². The van der Waals surface area contributed by atoms with Gasteiger partial charge in [0.15, 0.2) is 0 Å². The summed E-state index contributed by atoms with van der Waals surface area (Å²) in [7, 11) is 0. The maximum atomic E-state index is 10.9. The lowest BCUT2D eigenvalue weighted by atomic mass is 10.1. The van der Waals surface area contributed by atoms with E-state index in [-0.39, 0.29) is 11.8 Å². The van der Waals surface area contributed by atoms with Crippen LogP contribution in [0.5, 0.6) is 0 Å². The Bertz CT molecular complexity index is 922. The molecule has 0 amide bonds. The summed E-state index contributed by atoms with van der Waals surface area (Å²) in [6, 6.07) is 10.7. The first kappa shape index (κ1) is 15.5. The number of nitro groups is 1. The third-order valence-electron chi connectivity index (χ3n) is 4.39. The molecular weight excluding hydrogens is 322 g/mol. The molecule has 25 heavy (non-hydrogen) atoms. The van der Waals surface area contributed by atoms with Gasteiger partial charge in [-0.25, -0.2) is 9.97 Å². The normalized spacial score (nSPS) is 17.8. The molecular formula is C17H17N5O3. The van der Waals surface area contributed by atoms with E-state index in [2.05, 4.69) is 4.98 Å². The second-order valence-electron chi connectivity index (χ2n) is 6.11. The highest BCUT2D eigenvalue weighted by molar-refractivity contribution is 5.81. The van der Waals surface area contributed by atoms with Crippen molar-refractivity contribution in [3.8, 4) is 5.82 Å². The first-order chi connectivity index (χ1) is 12.1. The minimum Gasteiger partial charge on any atom is -0.391 e. The van der Waals surface area contributed by atoms with Crippen LogP contribution in [0, 0.1) is 10.1 Å². The zero-order valence-corrected chi connectivity index (χ0v) is 13.4. The van der Waals surface area contributed by atoms with Gasteiger partial charge in [-0.2, -0.15) is 0 Å². The molecule has 1 aromatic carbocycles. The third-order valence-corrected chi connectivity index (χ3v) is 4.39. The summed E-state index contributed by atoms with van der Waals surface area (Å²) in [5, 5.41) is 20.9. The predicted molar refractivity (Wildman–Crippen MR) is 93.0 cm³/mol. The van der Waals surface area contributed by atoms with E-state index in [1.54, 1.807) is 6.07 Å². The Morgan fingerprint density at radius 3 is 2.80 bits per heavy atom. The molecule has 0 spiro atoms. The van der Waals surface area contributed by atoms with Crippen LogP contribution in [-0.2, 0) is 0 Å². The van der Waals surface area contributed by atoms with Gasteiger partial charge in [0.25, 0.3) is 5.69 Å². The first-order valence-corrected chi connectivity index (χ1v) is 8.15. The zero-order chi connectivity index (χ0) is 17.4. The molecule has 8 nitrogen and oxygen atoms in total. The molecule has 128 valence electrons. The topological polar surface area (TPSA) is 97.3 Å². The lowest BCUT2D eigenvalue weighted by molar-refractivity contribution is -0.385. The van der Waals surface area contributed by atoms with Gasteiger partial charge in [0.2, 0.25) is 5.95 Å². The van der Waals surface area contributed by atoms with Crippen LogP contribution in [0.15, 0.2) is 42.6 Å². The molecule has 4 rings (SSSR count). The van der Waals surface area contributed by atoms with Crippen molar-refractivity contribution in [3.63, 3.8) is 0 Å². The Labute approximate surface area is 143 Å². The van der Waals surface area contributed by atoms with Crippen LogP contribution in [0.1, 0.15) is 12.8 Å². The van der Waals surface area contributed by atoms with Crippen molar-refractivity contribution in [2.24, 2.45) is 0 Å². The number of pyridine rings is 1. The third kappa shape index (κ3) is 2.80. The van der Waals surface area contributed by atoms with Gasteiger partial charge in [-0.15, -0.1) is 0 Å². The number of anilines is 1. The van der Waals surface area contributed by atoms with E-state index >= 15 is 0 Å². The summed E-state index contributed by atoms with van der Waals surface area (Å²) in [6.07, 6.45) is 2.54. The molecule has 3 heterocycles. The maximum absolute atomic E-state index is 10.9. The minimum atomic E-state index is -0.468. The molecule has 0 aliphatic carbocycles. The second-order valence-corrected chi connectivity index (χ2v) is 6.11. The van der Waals surface area contributed by atoms with E-state index in [9.17, 15) is 15.2 Å². The predicted octanol–water partition coefficient (Wildman–Crippen LogP) is 2.29.